The lowest BCUT2D eigenvalue weighted by Crippen LogP contribution is -2.21. The molecular weight excluding hydrogens is 166 g/mol. The van der Waals surface area contributed by atoms with Crippen molar-refractivity contribution in [2.24, 2.45) is 5.92 Å². The van der Waals surface area contributed by atoms with Crippen LogP contribution < -0.4 is 0 Å². The molecule has 0 spiro atoms. The summed E-state index contributed by atoms with van der Waals surface area (Å²) in [4.78, 5) is 10.6. The SMILES string of the molecule is O=C(CC1CCOCC1)C(F)F. The fraction of sp³-hybridized carbons (Fsp3) is 0.875. The van der Waals surface area contributed by atoms with Crippen LogP contribution >= 0.6 is 0 Å². The topological polar surface area (TPSA) is 26.3 Å². The first-order valence-corrected chi connectivity index (χ1v) is 4.08. The van der Waals surface area contributed by atoms with Crippen molar-refractivity contribution in [1.82, 2.24) is 0 Å². The number of ketones is 1. The van der Waals surface area contributed by atoms with E-state index in [1.165, 1.54) is 0 Å². The van der Waals surface area contributed by atoms with Crippen molar-refractivity contribution in [3.63, 3.8) is 0 Å². The molecule has 0 amide bonds. The van der Waals surface area contributed by atoms with Gasteiger partial charge in [-0.15, -0.1) is 0 Å². The summed E-state index contributed by atoms with van der Waals surface area (Å²) in [6.45, 7) is 1.20. The zero-order valence-corrected chi connectivity index (χ0v) is 6.76. The number of ether oxygens (including phenoxy) is 1. The van der Waals surface area contributed by atoms with Gasteiger partial charge in [-0.05, 0) is 18.8 Å². The van der Waals surface area contributed by atoms with E-state index in [2.05, 4.69) is 0 Å². The molecule has 1 rings (SSSR count). The van der Waals surface area contributed by atoms with E-state index in [0.717, 1.165) is 12.8 Å². The number of carbonyl (C=O) groups excluding carboxylic acids is 1. The van der Waals surface area contributed by atoms with E-state index in [4.69, 9.17) is 4.74 Å². The minimum absolute atomic E-state index is 0.0149. The summed E-state index contributed by atoms with van der Waals surface area (Å²) >= 11 is 0. The van der Waals surface area contributed by atoms with Crippen LogP contribution in [0.15, 0.2) is 0 Å². The molecule has 1 saturated heterocycles. The molecule has 0 aromatic heterocycles. The van der Waals surface area contributed by atoms with Gasteiger partial charge in [0, 0.05) is 19.6 Å². The number of alkyl halides is 2. The highest BCUT2D eigenvalue weighted by Gasteiger charge is 2.22. The molecule has 1 aliphatic rings. The number of halogens is 2. The molecular formula is C8H12F2O2. The van der Waals surface area contributed by atoms with Gasteiger partial charge in [0.1, 0.15) is 0 Å². The van der Waals surface area contributed by atoms with Gasteiger partial charge < -0.3 is 4.74 Å². The predicted molar refractivity (Wildman–Crippen MR) is 39.2 cm³/mol. The third-order valence-corrected chi connectivity index (χ3v) is 2.07. The van der Waals surface area contributed by atoms with E-state index in [1.54, 1.807) is 0 Å². The zero-order chi connectivity index (χ0) is 8.97. The van der Waals surface area contributed by atoms with Crippen LogP contribution in [0.2, 0.25) is 0 Å². The predicted octanol–water partition coefficient (Wildman–Crippen LogP) is 1.64. The molecule has 2 nitrogen and oxygen atoms in total. The lowest BCUT2D eigenvalue weighted by Gasteiger charge is -2.20. The maximum Gasteiger partial charge on any atom is 0.295 e. The molecule has 0 radical (unpaired) electrons. The second-order valence-corrected chi connectivity index (χ2v) is 3.03. The van der Waals surface area contributed by atoms with Crippen molar-refractivity contribution in [2.75, 3.05) is 13.2 Å². The van der Waals surface area contributed by atoms with Crippen LogP contribution in [-0.2, 0) is 9.53 Å². The van der Waals surface area contributed by atoms with Crippen LogP contribution in [0, 0.1) is 5.92 Å². The Hall–Kier alpha value is -0.510. The third-order valence-electron chi connectivity index (χ3n) is 2.07. The molecule has 1 fully saturated rings. The Morgan fingerprint density at radius 3 is 2.50 bits per heavy atom. The second kappa shape index (κ2) is 4.50. The van der Waals surface area contributed by atoms with Crippen LogP contribution in [0.5, 0.6) is 0 Å². The monoisotopic (exact) mass is 178 g/mol. The molecule has 4 heteroatoms. The van der Waals surface area contributed by atoms with Crippen molar-refractivity contribution in [3.8, 4) is 0 Å². The standard InChI is InChI=1S/C8H12F2O2/c9-8(10)7(11)5-6-1-3-12-4-2-6/h6,8H,1-5H2. The first-order chi connectivity index (χ1) is 5.70. The number of Topliss-reactive ketones (excluding diaryl/α,β-unsaturated/α-hetero) is 1. The summed E-state index contributed by atoms with van der Waals surface area (Å²) in [5, 5.41) is 0. The van der Waals surface area contributed by atoms with Gasteiger partial charge in [-0.25, -0.2) is 8.78 Å². The van der Waals surface area contributed by atoms with Gasteiger partial charge in [0.2, 0.25) is 0 Å². The van der Waals surface area contributed by atoms with Gasteiger partial charge in [0.15, 0.2) is 5.78 Å². The molecule has 0 saturated carbocycles. The average Bonchev–Trinajstić information content (AvgIpc) is 2.06. The molecule has 0 unspecified atom stereocenters. The van der Waals surface area contributed by atoms with Gasteiger partial charge in [0.25, 0.3) is 6.43 Å². The molecule has 70 valence electrons. The fourth-order valence-corrected chi connectivity index (χ4v) is 1.32. The lowest BCUT2D eigenvalue weighted by molar-refractivity contribution is -0.131. The molecule has 0 N–H and O–H groups in total. The van der Waals surface area contributed by atoms with Gasteiger partial charge in [0.05, 0.1) is 0 Å². The van der Waals surface area contributed by atoms with E-state index < -0.39 is 12.2 Å². The first-order valence-electron chi connectivity index (χ1n) is 4.08. The fourth-order valence-electron chi connectivity index (χ4n) is 1.32. The van der Waals surface area contributed by atoms with Crippen LogP contribution in [0.25, 0.3) is 0 Å². The highest BCUT2D eigenvalue weighted by Crippen LogP contribution is 2.19. The van der Waals surface area contributed by atoms with Crippen LogP contribution in [0.1, 0.15) is 19.3 Å². The average molecular weight is 178 g/mol. The molecule has 1 heterocycles. The summed E-state index contributed by atoms with van der Waals surface area (Å²) in [5.41, 5.74) is 0. The minimum atomic E-state index is -2.80. The Morgan fingerprint density at radius 2 is 2.00 bits per heavy atom. The number of hydrogen-bond donors (Lipinski definition) is 0. The van der Waals surface area contributed by atoms with E-state index in [0.29, 0.717) is 13.2 Å². The Balaban J connectivity index is 2.24. The van der Waals surface area contributed by atoms with Crippen LogP contribution in [0.3, 0.4) is 0 Å². The highest BCUT2D eigenvalue weighted by molar-refractivity contribution is 5.81. The number of hydrogen-bond acceptors (Lipinski definition) is 2. The van der Waals surface area contributed by atoms with Gasteiger partial charge in [-0.2, -0.15) is 0 Å². The normalized spacial score (nSPS) is 19.9. The maximum atomic E-state index is 11.8. The lowest BCUT2D eigenvalue weighted by atomic mass is 9.94. The van der Waals surface area contributed by atoms with E-state index in [1.807, 2.05) is 0 Å². The van der Waals surface area contributed by atoms with E-state index >= 15 is 0 Å². The quantitative estimate of drug-likeness (QED) is 0.656. The summed E-state index contributed by atoms with van der Waals surface area (Å²) in [5.74, 6) is -0.817. The van der Waals surface area contributed by atoms with Gasteiger partial charge in [-0.3, -0.25) is 4.79 Å². The van der Waals surface area contributed by atoms with Crippen molar-refractivity contribution >= 4 is 5.78 Å². The second-order valence-electron chi connectivity index (χ2n) is 3.03. The van der Waals surface area contributed by atoms with Gasteiger partial charge >= 0.3 is 0 Å². The Morgan fingerprint density at radius 1 is 1.42 bits per heavy atom. The molecule has 0 atom stereocenters. The van der Waals surface area contributed by atoms with E-state index in [-0.39, 0.29) is 12.3 Å². The molecule has 1 aliphatic heterocycles. The summed E-state index contributed by atoms with van der Waals surface area (Å²) in [7, 11) is 0. The van der Waals surface area contributed by atoms with Crippen molar-refractivity contribution in [1.29, 1.82) is 0 Å². The van der Waals surface area contributed by atoms with Crippen LogP contribution in [-0.4, -0.2) is 25.4 Å². The first kappa shape index (κ1) is 9.58. The van der Waals surface area contributed by atoms with Crippen molar-refractivity contribution in [3.05, 3.63) is 0 Å². The zero-order valence-electron chi connectivity index (χ0n) is 6.76. The van der Waals surface area contributed by atoms with E-state index in [9.17, 15) is 13.6 Å². The minimum Gasteiger partial charge on any atom is -0.381 e. The number of rotatable bonds is 3. The smallest absolute Gasteiger partial charge is 0.295 e. The van der Waals surface area contributed by atoms with Crippen molar-refractivity contribution in [2.45, 2.75) is 25.7 Å². The molecule has 0 aromatic rings. The summed E-state index contributed by atoms with van der Waals surface area (Å²) in [6, 6.07) is 0. The third kappa shape index (κ3) is 2.85. The molecule has 0 aromatic carbocycles. The molecule has 12 heavy (non-hydrogen) atoms. The van der Waals surface area contributed by atoms with Crippen LogP contribution in [0.4, 0.5) is 8.78 Å². The molecule has 0 aliphatic carbocycles. The Bertz CT molecular complexity index is 153. The largest absolute Gasteiger partial charge is 0.381 e. The highest BCUT2D eigenvalue weighted by atomic mass is 19.3. The Kier molecular flexibility index (Phi) is 3.59. The molecule has 0 bridgehead atoms. The maximum absolute atomic E-state index is 11.8. The Labute approximate surface area is 69.9 Å². The number of carbonyl (C=O) groups is 1. The summed E-state index contributed by atoms with van der Waals surface area (Å²) in [6.07, 6.45) is -1.31. The van der Waals surface area contributed by atoms with Gasteiger partial charge in [-0.1, -0.05) is 0 Å². The van der Waals surface area contributed by atoms with Crippen molar-refractivity contribution < 1.29 is 18.3 Å². The summed E-state index contributed by atoms with van der Waals surface area (Å²) < 4.78 is 28.6.